The first-order valence-corrected chi connectivity index (χ1v) is 24.0. The van der Waals surface area contributed by atoms with Crippen molar-refractivity contribution in [3.63, 3.8) is 0 Å². The van der Waals surface area contributed by atoms with Crippen LogP contribution in [0.5, 0.6) is 5.75 Å². The molecule has 2 saturated carbocycles. The van der Waals surface area contributed by atoms with Crippen LogP contribution >= 0.6 is 11.3 Å². The number of piperidine rings is 1. The highest BCUT2D eigenvalue weighted by molar-refractivity contribution is 7.11. The standard InChI is InChI=1S/C50H55FN8O6S/c1-25(2)42(56-47(61)63-7)45(60)57-14-8-9-35(57)32-17-30(22-52-32)28-16-31(51)41-36-18-29-15-27(12-13-34(29)58(36)46(64-38(41)19-28)39-24-54-44(66-39)26-10-11-26)33-23-53-43(55-33)37-20-50(6)21-40(50)59(37)48(62)65-49(3,4)5/h12-13,15-16,18-19,22-26,35,37,40,42,46H,8-11,14,17,20-21H2,1-7H3,(H,53,55)(H,56,61)/t35?,37?,40?,42-,46?,50?/m0/s1. The molecule has 2 saturated heterocycles. The summed E-state index contributed by atoms with van der Waals surface area (Å²) in [5.74, 6) is 0.906. The molecule has 0 spiro atoms. The number of alkyl carbamates (subject to hydrolysis) is 1. The van der Waals surface area contributed by atoms with Crippen molar-refractivity contribution in [3.05, 3.63) is 82.1 Å². The molecular formula is C50H55FN8O6S. The first kappa shape index (κ1) is 42.6. The van der Waals surface area contributed by atoms with Crippen LogP contribution in [0.1, 0.15) is 126 Å². The molecule has 344 valence electrons. The van der Waals surface area contributed by atoms with Gasteiger partial charge < -0.3 is 29.4 Å². The highest BCUT2D eigenvalue weighted by atomic mass is 32.1. The maximum absolute atomic E-state index is 16.9. The number of halogens is 1. The van der Waals surface area contributed by atoms with E-state index in [-0.39, 0.29) is 41.5 Å². The number of nitrogens with zero attached hydrogens (tertiary/aromatic N) is 6. The van der Waals surface area contributed by atoms with Crippen LogP contribution < -0.4 is 10.1 Å². The number of likely N-dealkylation sites (tertiary alicyclic amines) is 2. The van der Waals surface area contributed by atoms with Crippen molar-refractivity contribution in [1.29, 1.82) is 0 Å². The summed E-state index contributed by atoms with van der Waals surface area (Å²) in [5.41, 5.74) is 5.48. The number of thiazole rings is 1. The Hall–Kier alpha value is -6.03. The third-order valence-corrected chi connectivity index (χ3v) is 15.4. The number of carbonyl (C=O) groups excluding carboxylic acids is 3. The molecule has 5 aromatic rings. The van der Waals surface area contributed by atoms with Gasteiger partial charge in [0.05, 0.1) is 57.7 Å². The molecule has 16 heteroatoms. The molecule has 0 radical (unpaired) electrons. The maximum Gasteiger partial charge on any atom is 0.411 e. The summed E-state index contributed by atoms with van der Waals surface area (Å²) in [6, 6.07) is 10.6. The van der Waals surface area contributed by atoms with Crippen LogP contribution in [0.15, 0.2) is 60.0 Å². The molecule has 2 aromatic carbocycles. The minimum absolute atomic E-state index is 0.0510. The smallest absolute Gasteiger partial charge is 0.411 e. The summed E-state index contributed by atoms with van der Waals surface area (Å²) in [4.78, 5) is 62.1. The Labute approximate surface area is 386 Å². The van der Waals surface area contributed by atoms with Gasteiger partial charge in [0.2, 0.25) is 12.1 Å². The lowest BCUT2D eigenvalue weighted by Gasteiger charge is -2.31. The predicted molar refractivity (Wildman–Crippen MR) is 249 cm³/mol. The Morgan fingerprint density at radius 3 is 2.61 bits per heavy atom. The van der Waals surface area contributed by atoms with Crippen LogP contribution in [-0.4, -0.2) is 90.5 Å². The van der Waals surface area contributed by atoms with Crippen molar-refractivity contribution in [3.8, 4) is 28.3 Å². The SMILES string of the molecule is COC(=O)N[C@H](C(=O)N1CCCC1C1=NC=C(c2cc(F)c3c(c2)OC(c2cnc(C4CC4)s2)n2c-3cc3cc(-c4cnc(C5CC6(C)CC6N5C(=O)OC(C)(C)C)[nH]4)ccc32)C1)C(C)C. The maximum atomic E-state index is 16.9. The minimum atomic E-state index is -0.735. The number of fused-ring (bicyclic) bond motifs is 6. The lowest BCUT2D eigenvalue weighted by atomic mass is 9.95. The van der Waals surface area contributed by atoms with E-state index in [1.807, 2.05) is 75.0 Å². The average molecular weight is 915 g/mol. The molecule has 3 aromatic heterocycles. The third kappa shape index (κ3) is 7.35. The fourth-order valence-corrected chi connectivity index (χ4v) is 11.7. The highest BCUT2D eigenvalue weighted by Gasteiger charge is 2.64. The van der Waals surface area contributed by atoms with Crippen molar-refractivity contribution < 1.29 is 33.0 Å². The molecular weight excluding hydrogens is 860 g/mol. The first-order chi connectivity index (χ1) is 31.6. The van der Waals surface area contributed by atoms with Crippen molar-refractivity contribution in [2.45, 2.75) is 128 Å². The molecule has 7 heterocycles. The molecule has 14 nitrogen and oxygen atoms in total. The van der Waals surface area contributed by atoms with Crippen LogP contribution in [0.3, 0.4) is 0 Å². The lowest BCUT2D eigenvalue weighted by Crippen LogP contribution is -2.53. The molecule has 0 bridgehead atoms. The van der Waals surface area contributed by atoms with Crippen molar-refractivity contribution >= 4 is 51.6 Å². The summed E-state index contributed by atoms with van der Waals surface area (Å²) in [6.07, 6.45) is 9.98. The summed E-state index contributed by atoms with van der Waals surface area (Å²) in [5, 5.41) is 4.72. The Morgan fingerprint density at radius 1 is 1.03 bits per heavy atom. The number of aliphatic imine (C=N–C) groups is 1. The minimum Gasteiger partial charge on any atom is -0.464 e. The van der Waals surface area contributed by atoms with Crippen LogP contribution in [0.25, 0.3) is 39.0 Å². The quantitative estimate of drug-likeness (QED) is 0.148. The molecule has 3 amide bonds. The van der Waals surface area contributed by atoms with Gasteiger partial charge in [-0.05, 0) is 112 Å². The van der Waals surface area contributed by atoms with Gasteiger partial charge in [0.1, 0.15) is 29.0 Å². The number of benzene rings is 2. The van der Waals surface area contributed by atoms with Crippen LogP contribution in [0.2, 0.25) is 0 Å². The van der Waals surface area contributed by atoms with E-state index in [1.54, 1.807) is 23.6 Å². The number of H-pyrrole nitrogens is 1. The van der Waals surface area contributed by atoms with Gasteiger partial charge >= 0.3 is 12.2 Å². The molecule has 11 rings (SSSR count). The summed E-state index contributed by atoms with van der Waals surface area (Å²) in [7, 11) is 1.28. The Kier molecular flexibility index (Phi) is 10.0. The van der Waals surface area contributed by atoms with Crippen molar-refractivity contribution in [2.75, 3.05) is 13.7 Å². The fraction of sp³-hybridized carbons (Fsp3) is 0.480. The van der Waals surface area contributed by atoms with Crippen molar-refractivity contribution in [1.82, 2.24) is 34.6 Å². The van der Waals surface area contributed by atoms with E-state index in [2.05, 4.69) is 33.9 Å². The Morgan fingerprint density at radius 2 is 1.85 bits per heavy atom. The van der Waals surface area contributed by atoms with Gasteiger partial charge in [0.15, 0.2) is 0 Å². The number of hydrogen-bond donors (Lipinski definition) is 2. The van der Waals surface area contributed by atoms with Crippen LogP contribution in [-0.2, 0) is 14.3 Å². The predicted octanol–water partition coefficient (Wildman–Crippen LogP) is 10.1. The van der Waals surface area contributed by atoms with Gasteiger partial charge in [-0.15, -0.1) is 11.3 Å². The number of nitrogens with one attached hydrogen (secondary N) is 2. The number of aromatic amines is 1. The average Bonchev–Trinajstić information content (AvgIpc) is 3.76. The second kappa shape index (κ2) is 15.5. The zero-order valence-corrected chi connectivity index (χ0v) is 39.1. The van der Waals surface area contributed by atoms with Crippen LogP contribution in [0, 0.1) is 17.2 Å². The third-order valence-electron chi connectivity index (χ3n) is 14.2. The fourth-order valence-electron chi connectivity index (χ4n) is 10.6. The zero-order chi connectivity index (χ0) is 46.0. The largest absolute Gasteiger partial charge is 0.464 e. The number of imidazole rings is 1. The van der Waals surface area contributed by atoms with Gasteiger partial charge in [-0.1, -0.05) is 26.8 Å². The van der Waals surface area contributed by atoms with E-state index in [4.69, 9.17) is 29.2 Å². The van der Waals surface area contributed by atoms with Gasteiger partial charge in [0, 0.05) is 54.0 Å². The molecule has 6 aliphatic rings. The Bertz CT molecular complexity index is 2890. The first-order valence-electron chi connectivity index (χ1n) is 23.2. The highest BCUT2D eigenvalue weighted by Crippen LogP contribution is 2.63. The number of methoxy groups -OCH3 is 1. The molecule has 4 fully saturated rings. The summed E-state index contributed by atoms with van der Waals surface area (Å²) in [6.45, 7) is 12.2. The molecule has 4 aliphatic heterocycles. The second-order valence-corrected chi connectivity index (χ2v) is 21.6. The monoisotopic (exact) mass is 914 g/mol. The number of hydrogen-bond acceptors (Lipinski definition) is 10. The molecule has 66 heavy (non-hydrogen) atoms. The van der Waals surface area contributed by atoms with Gasteiger partial charge in [-0.2, -0.15) is 0 Å². The normalized spacial score (nSPS) is 24.7. The van der Waals surface area contributed by atoms with Crippen molar-refractivity contribution in [2.24, 2.45) is 16.3 Å². The number of aromatic nitrogens is 4. The number of rotatable bonds is 9. The number of amides is 3. The number of allylic oxidation sites excluding steroid dienone is 1. The zero-order valence-electron chi connectivity index (χ0n) is 38.3. The van der Waals surface area contributed by atoms with Gasteiger partial charge in [0.25, 0.3) is 0 Å². The van der Waals surface area contributed by atoms with E-state index in [0.29, 0.717) is 41.5 Å². The summed E-state index contributed by atoms with van der Waals surface area (Å²) >= 11 is 1.65. The van der Waals surface area contributed by atoms with Gasteiger partial charge in [-0.25, -0.2) is 23.9 Å². The number of carbonyl (C=O) groups is 3. The summed E-state index contributed by atoms with van der Waals surface area (Å²) < 4.78 is 36.6. The number of ether oxygens (including phenoxy) is 3. The van der Waals surface area contributed by atoms with Crippen LogP contribution in [0.4, 0.5) is 14.0 Å². The lowest BCUT2D eigenvalue weighted by molar-refractivity contribution is -0.134. The second-order valence-electron chi connectivity index (χ2n) is 20.5. The van der Waals surface area contributed by atoms with E-state index in [9.17, 15) is 14.4 Å². The topological polar surface area (TPSA) is 156 Å². The molecule has 5 unspecified atom stereocenters. The van der Waals surface area contributed by atoms with E-state index in [1.165, 1.54) is 7.11 Å². The Balaban J connectivity index is 0.894. The molecule has 2 N–H and O–H groups in total. The molecule has 2 aliphatic carbocycles. The molecule has 6 atom stereocenters. The van der Waals surface area contributed by atoms with E-state index < -0.39 is 29.8 Å². The van der Waals surface area contributed by atoms with Gasteiger partial charge in [-0.3, -0.25) is 19.3 Å². The van der Waals surface area contributed by atoms with E-state index >= 15 is 4.39 Å². The van der Waals surface area contributed by atoms with E-state index in [0.717, 1.165) is 87.7 Å².